The summed E-state index contributed by atoms with van der Waals surface area (Å²) < 4.78 is 5.28. The molecule has 7 nitrogen and oxygen atoms in total. The molecule has 0 saturated heterocycles. The number of primary amides is 1. The zero-order chi connectivity index (χ0) is 19.8. The van der Waals surface area contributed by atoms with Crippen LogP contribution in [0.3, 0.4) is 0 Å². The number of rotatable bonds is 4. The number of hydrogen-bond acceptors (Lipinski definition) is 6. The minimum atomic E-state index is -0.517. The highest BCUT2D eigenvalue weighted by atomic mass is 32.1. The van der Waals surface area contributed by atoms with Crippen LogP contribution in [0.1, 0.15) is 39.2 Å². The molecule has 2 aliphatic rings. The lowest BCUT2D eigenvalue weighted by Gasteiger charge is -2.29. The van der Waals surface area contributed by atoms with Crippen LogP contribution in [0, 0.1) is 6.92 Å². The molecule has 2 heterocycles. The molecule has 2 aromatic rings. The molecule has 3 N–H and O–H groups in total. The quantitative estimate of drug-likeness (QED) is 0.607. The van der Waals surface area contributed by atoms with Crippen molar-refractivity contribution in [2.75, 3.05) is 23.3 Å². The van der Waals surface area contributed by atoms with E-state index in [1.807, 2.05) is 19.1 Å². The second-order valence-electron chi connectivity index (χ2n) is 7.13. The number of carbonyl (C=O) groups excluding carboxylic acids is 3. The zero-order valence-corrected chi connectivity index (χ0v) is 16.4. The maximum Gasteiger partial charge on any atom is 0.331 e. The lowest BCUT2D eigenvalue weighted by atomic mass is 9.95. The van der Waals surface area contributed by atoms with Crippen molar-refractivity contribution in [1.29, 1.82) is 0 Å². The molecule has 1 aliphatic carbocycles. The largest absolute Gasteiger partial charge is 0.423 e. The highest BCUT2D eigenvalue weighted by molar-refractivity contribution is 7.17. The maximum atomic E-state index is 12.7. The van der Waals surface area contributed by atoms with Crippen LogP contribution in [0.2, 0.25) is 0 Å². The number of aryl methyl sites for hydroxylation is 2. The Kier molecular flexibility index (Phi) is 4.80. The number of benzene rings is 1. The topological polar surface area (TPSA) is 102 Å². The van der Waals surface area contributed by atoms with Gasteiger partial charge in [0.25, 0.3) is 5.91 Å². The van der Waals surface area contributed by atoms with Gasteiger partial charge in [-0.2, -0.15) is 0 Å². The predicted octanol–water partition coefficient (Wildman–Crippen LogP) is 2.40. The Hall–Kier alpha value is -2.87. The molecule has 0 spiro atoms. The summed E-state index contributed by atoms with van der Waals surface area (Å²) in [5.41, 5.74) is 8.65. The Morgan fingerprint density at radius 2 is 2.07 bits per heavy atom. The molecule has 28 heavy (non-hydrogen) atoms. The SMILES string of the molecule is Cc1ccc2c(c1)OC(=O)CN2CC(=O)Nc1sc2c(c1C(N)=O)CCCC2. The highest BCUT2D eigenvalue weighted by Gasteiger charge is 2.28. The first-order valence-electron chi connectivity index (χ1n) is 9.23. The number of ether oxygens (including phenoxy) is 1. The Balaban J connectivity index is 1.55. The van der Waals surface area contributed by atoms with Crippen LogP contribution < -0.4 is 20.7 Å². The van der Waals surface area contributed by atoms with Crippen molar-refractivity contribution < 1.29 is 19.1 Å². The number of carbonyl (C=O) groups is 3. The van der Waals surface area contributed by atoms with Crippen LogP contribution in [0.25, 0.3) is 0 Å². The molecule has 0 saturated carbocycles. The van der Waals surface area contributed by atoms with Crippen molar-refractivity contribution >= 4 is 39.8 Å². The molecule has 4 rings (SSSR count). The monoisotopic (exact) mass is 399 g/mol. The maximum absolute atomic E-state index is 12.7. The highest BCUT2D eigenvalue weighted by Crippen LogP contribution is 2.38. The average molecular weight is 399 g/mol. The van der Waals surface area contributed by atoms with Crippen LogP contribution in [0.15, 0.2) is 18.2 Å². The van der Waals surface area contributed by atoms with Gasteiger partial charge in [0.2, 0.25) is 5.91 Å². The molecular formula is C20H21N3O4S. The molecule has 8 heteroatoms. The van der Waals surface area contributed by atoms with Crippen LogP contribution in [0.5, 0.6) is 5.75 Å². The second kappa shape index (κ2) is 7.27. The number of esters is 1. The number of nitrogens with one attached hydrogen (secondary N) is 1. The van der Waals surface area contributed by atoms with Gasteiger partial charge in [-0.1, -0.05) is 6.07 Å². The Bertz CT molecular complexity index is 982. The van der Waals surface area contributed by atoms with E-state index in [0.29, 0.717) is 22.0 Å². The summed E-state index contributed by atoms with van der Waals surface area (Å²) in [7, 11) is 0. The Labute approximate surface area is 166 Å². The third kappa shape index (κ3) is 3.47. The van der Waals surface area contributed by atoms with Gasteiger partial charge in [-0.15, -0.1) is 11.3 Å². The van der Waals surface area contributed by atoms with E-state index in [1.54, 1.807) is 11.0 Å². The molecule has 0 fully saturated rings. The number of hydrogen-bond donors (Lipinski definition) is 2. The minimum Gasteiger partial charge on any atom is -0.423 e. The van der Waals surface area contributed by atoms with E-state index in [0.717, 1.165) is 41.7 Å². The number of nitrogens with zero attached hydrogens (tertiary/aromatic N) is 1. The smallest absolute Gasteiger partial charge is 0.331 e. The lowest BCUT2D eigenvalue weighted by molar-refractivity contribution is -0.133. The summed E-state index contributed by atoms with van der Waals surface area (Å²) in [5, 5.41) is 3.35. The molecule has 1 aliphatic heterocycles. The molecule has 0 bridgehead atoms. The van der Waals surface area contributed by atoms with Gasteiger partial charge in [-0.3, -0.25) is 9.59 Å². The first kappa shape index (κ1) is 18.5. The normalized spacial score (nSPS) is 15.5. The third-order valence-corrected chi connectivity index (χ3v) is 6.21. The van der Waals surface area contributed by atoms with Crippen LogP contribution in [-0.4, -0.2) is 30.9 Å². The summed E-state index contributed by atoms with van der Waals surface area (Å²) in [6, 6.07) is 5.51. The minimum absolute atomic E-state index is 0.00685. The third-order valence-electron chi connectivity index (χ3n) is 5.00. The van der Waals surface area contributed by atoms with Crippen molar-refractivity contribution in [2.45, 2.75) is 32.6 Å². The van der Waals surface area contributed by atoms with Crippen molar-refractivity contribution in [3.63, 3.8) is 0 Å². The molecule has 0 unspecified atom stereocenters. The number of anilines is 2. The van der Waals surface area contributed by atoms with Crippen molar-refractivity contribution in [1.82, 2.24) is 0 Å². The zero-order valence-electron chi connectivity index (χ0n) is 15.5. The van der Waals surface area contributed by atoms with Gasteiger partial charge in [-0.25, -0.2) is 4.79 Å². The number of nitrogens with two attached hydrogens (primary N) is 1. The fourth-order valence-electron chi connectivity index (χ4n) is 3.76. The summed E-state index contributed by atoms with van der Waals surface area (Å²) in [6.45, 7) is 1.88. The molecule has 2 amide bonds. The van der Waals surface area contributed by atoms with Gasteiger partial charge >= 0.3 is 5.97 Å². The van der Waals surface area contributed by atoms with E-state index in [9.17, 15) is 14.4 Å². The van der Waals surface area contributed by atoms with Gasteiger partial charge < -0.3 is 20.7 Å². The Morgan fingerprint density at radius 1 is 1.29 bits per heavy atom. The van der Waals surface area contributed by atoms with E-state index < -0.39 is 11.9 Å². The van der Waals surface area contributed by atoms with E-state index in [1.165, 1.54) is 11.3 Å². The molecule has 0 radical (unpaired) electrons. The number of thiophene rings is 1. The summed E-state index contributed by atoms with van der Waals surface area (Å²) in [6.07, 6.45) is 3.81. The predicted molar refractivity (Wildman–Crippen MR) is 107 cm³/mol. The Morgan fingerprint density at radius 3 is 2.86 bits per heavy atom. The van der Waals surface area contributed by atoms with Crippen molar-refractivity contribution in [2.24, 2.45) is 5.73 Å². The number of amides is 2. The van der Waals surface area contributed by atoms with Crippen LogP contribution in [-0.2, 0) is 22.4 Å². The van der Waals surface area contributed by atoms with Gasteiger partial charge in [0.15, 0.2) is 5.75 Å². The molecular weight excluding hydrogens is 378 g/mol. The van der Waals surface area contributed by atoms with E-state index >= 15 is 0 Å². The summed E-state index contributed by atoms with van der Waals surface area (Å²) >= 11 is 1.43. The van der Waals surface area contributed by atoms with E-state index in [-0.39, 0.29) is 19.0 Å². The first-order valence-corrected chi connectivity index (χ1v) is 10.0. The van der Waals surface area contributed by atoms with E-state index in [4.69, 9.17) is 10.5 Å². The summed E-state index contributed by atoms with van der Waals surface area (Å²) in [4.78, 5) is 39.4. The van der Waals surface area contributed by atoms with Gasteiger partial charge in [0, 0.05) is 4.88 Å². The fourth-order valence-corrected chi connectivity index (χ4v) is 5.07. The molecule has 0 atom stereocenters. The molecule has 1 aromatic heterocycles. The average Bonchev–Trinajstić information content (AvgIpc) is 2.98. The standard InChI is InChI=1S/C20H21N3O4S/c1-11-6-7-13-14(8-11)27-17(25)10-23(13)9-16(24)22-20-18(19(21)26)12-4-2-3-5-15(12)28-20/h6-8H,2-5,9-10H2,1H3,(H2,21,26)(H,22,24). The molecule has 1 aromatic carbocycles. The number of fused-ring (bicyclic) bond motifs is 2. The fraction of sp³-hybridized carbons (Fsp3) is 0.350. The van der Waals surface area contributed by atoms with Crippen LogP contribution in [0.4, 0.5) is 10.7 Å². The van der Waals surface area contributed by atoms with Crippen molar-refractivity contribution in [3.05, 3.63) is 39.8 Å². The second-order valence-corrected chi connectivity index (χ2v) is 8.23. The van der Waals surface area contributed by atoms with Crippen LogP contribution >= 0.6 is 11.3 Å². The van der Waals surface area contributed by atoms with E-state index in [2.05, 4.69) is 5.32 Å². The lowest BCUT2D eigenvalue weighted by Crippen LogP contribution is -2.41. The first-order chi connectivity index (χ1) is 13.4. The van der Waals surface area contributed by atoms with Crippen molar-refractivity contribution in [3.8, 4) is 5.75 Å². The van der Waals surface area contributed by atoms with Gasteiger partial charge in [0.05, 0.1) is 17.8 Å². The summed E-state index contributed by atoms with van der Waals surface area (Å²) in [5.74, 6) is -0.775. The van der Waals surface area contributed by atoms with Gasteiger partial charge in [0.1, 0.15) is 11.5 Å². The molecule has 146 valence electrons. The van der Waals surface area contributed by atoms with Gasteiger partial charge in [-0.05, 0) is 55.9 Å².